The lowest BCUT2D eigenvalue weighted by Crippen LogP contribution is -2.26. The first-order valence-electron chi connectivity index (χ1n) is 5.01. The minimum Gasteiger partial charge on any atom is -0.385 e. The predicted octanol–water partition coefficient (Wildman–Crippen LogP) is 1.01. The second-order valence-corrected chi connectivity index (χ2v) is 3.42. The molecule has 1 heterocycles. The van der Waals surface area contributed by atoms with Crippen molar-refractivity contribution in [2.45, 2.75) is 25.8 Å². The van der Waals surface area contributed by atoms with Crippen molar-refractivity contribution in [3.05, 3.63) is 18.0 Å². The molecule has 5 heteroatoms. The summed E-state index contributed by atoms with van der Waals surface area (Å²) in [5.41, 5.74) is 0.982. The van der Waals surface area contributed by atoms with Gasteiger partial charge in [-0.15, -0.1) is 0 Å². The average molecular weight is 211 g/mol. The fourth-order valence-corrected chi connectivity index (χ4v) is 1.27. The number of hydrogen-bond acceptors (Lipinski definition) is 3. The molecule has 1 unspecified atom stereocenters. The van der Waals surface area contributed by atoms with E-state index >= 15 is 0 Å². The molecule has 84 valence electrons. The van der Waals surface area contributed by atoms with Crippen molar-refractivity contribution in [1.29, 1.82) is 0 Å². The number of aromatic amines is 1. The van der Waals surface area contributed by atoms with E-state index in [-0.39, 0.29) is 11.9 Å². The van der Waals surface area contributed by atoms with E-state index in [2.05, 4.69) is 15.5 Å². The molecule has 0 aliphatic heterocycles. The molecule has 0 aliphatic rings. The first-order valence-corrected chi connectivity index (χ1v) is 5.01. The van der Waals surface area contributed by atoms with Crippen LogP contribution in [0, 0.1) is 0 Å². The lowest BCUT2D eigenvalue weighted by atomic mass is 10.2. The number of H-pyrrole nitrogens is 1. The van der Waals surface area contributed by atoms with E-state index in [1.807, 2.05) is 6.92 Å². The number of amides is 1. The van der Waals surface area contributed by atoms with Crippen molar-refractivity contribution in [1.82, 2.24) is 15.5 Å². The van der Waals surface area contributed by atoms with E-state index < -0.39 is 0 Å². The third-order valence-corrected chi connectivity index (χ3v) is 2.15. The molecule has 1 amide bonds. The number of carbonyl (C=O) groups excluding carboxylic acids is 1. The summed E-state index contributed by atoms with van der Waals surface area (Å²) in [4.78, 5) is 11.4. The van der Waals surface area contributed by atoms with Gasteiger partial charge in [-0.05, 0) is 13.3 Å². The van der Waals surface area contributed by atoms with Crippen molar-refractivity contribution in [2.75, 3.05) is 13.7 Å². The van der Waals surface area contributed by atoms with Gasteiger partial charge in [0.25, 0.3) is 0 Å². The summed E-state index contributed by atoms with van der Waals surface area (Å²) >= 11 is 0. The molecule has 1 atom stereocenters. The minimum absolute atomic E-state index is 0.00112. The Balaban J connectivity index is 2.26. The highest BCUT2D eigenvalue weighted by Gasteiger charge is 2.09. The predicted molar refractivity (Wildman–Crippen MR) is 56.3 cm³/mol. The summed E-state index contributed by atoms with van der Waals surface area (Å²) < 4.78 is 4.87. The zero-order valence-electron chi connectivity index (χ0n) is 9.12. The largest absolute Gasteiger partial charge is 0.385 e. The first-order chi connectivity index (χ1) is 7.24. The third kappa shape index (κ3) is 4.12. The number of ether oxygens (including phenoxy) is 1. The average Bonchev–Trinajstić information content (AvgIpc) is 2.70. The Morgan fingerprint density at radius 2 is 2.53 bits per heavy atom. The van der Waals surface area contributed by atoms with Gasteiger partial charge in [0.15, 0.2) is 0 Å². The molecule has 15 heavy (non-hydrogen) atoms. The number of rotatable bonds is 6. The van der Waals surface area contributed by atoms with Gasteiger partial charge in [-0.3, -0.25) is 9.89 Å². The molecule has 0 aromatic carbocycles. The van der Waals surface area contributed by atoms with Gasteiger partial charge < -0.3 is 10.1 Å². The SMILES string of the molecule is COCCCC(=O)NC(C)c1cn[nH]c1. The minimum atomic E-state index is -0.00112. The number of hydrogen-bond donors (Lipinski definition) is 2. The fraction of sp³-hybridized carbons (Fsp3) is 0.600. The van der Waals surface area contributed by atoms with Crippen molar-refractivity contribution in [2.24, 2.45) is 0 Å². The van der Waals surface area contributed by atoms with Crippen LogP contribution in [0.3, 0.4) is 0 Å². The molecule has 0 saturated carbocycles. The molecule has 2 N–H and O–H groups in total. The zero-order valence-corrected chi connectivity index (χ0v) is 9.12. The lowest BCUT2D eigenvalue weighted by Gasteiger charge is -2.11. The van der Waals surface area contributed by atoms with E-state index in [0.717, 1.165) is 12.0 Å². The van der Waals surface area contributed by atoms with Crippen LogP contribution in [-0.4, -0.2) is 29.8 Å². The van der Waals surface area contributed by atoms with Gasteiger partial charge in [0.05, 0.1) is 12.2 Å². The van der Waals surface area contributed by atoms with E-state index in [1.165, 1.54) is 0 Å². The van der Waals surface area contributed by atoms with Crippen LogP contribution in [-0.2, 0) is 9.53 Å². The lowest BCUT2D eigenvalue weighted by molar-refractivity contribution is -0.122. The topological polar surface area (TPSA) is 67.0 Å². The van der Waals surface area contributed by atoms with E-state index in [9.17, 15) is 4.79 Å². The van der Waals surface area contributed by atoms with Crippen LogP contribution in [0.2, 0.25) is 0 Å². The number of nitrogens with one attached hydrogen (secondary N) is 2. The summed E-state index contributed by atoms with van der Waals surface area (Å²) in [5, 5.41) is 9.43. The molecular formula is C10H17N3O2. The van der Waals surface area contributed by atoms with Crippen LogP contribution in [0.1, 0.15) is 31.4 Å². The summed E-state index contributed by atoms with van der Waals surface area (Å²) in [5.74, 6) is 0.0424. The standard InChI is InChI=1S/C10H17N3O2/c1-8(9-6-11-12-7-9)13-10(14)4-3-5-15-2/h6-8H,3-5H2,1-2H3,(H,11,12)(H,13,14). The molecule has 1 aromatic rings. The molecule has 0 aliphatic carbocycles. The number of methoxy groups -OCH3 is 1. The highest BCUT2D eigenvalue weighted by molar-refractivity contribution is 5.76. The van der Waals surface area contributed by atoms with Crippen LogP contribution in [0.4, 0.5) is 0 Å². The van der Waals surface area contributed by atoms with Crippen molar-refractivity contribution in [3.63, 3.8) is 0 Å². The molecule has 1 aromatic heterocycles. The maximum Gasteiger partial charge on any atom is 0.220 e. The molecule has 0 bridgehead atoms. The number of aromatic nitrogens is 2. The van der Waals surface area contributed by atoms with Gasteiger partial charge in [-0.1, -0.05) is 0 Å². The smallest absolute Gasteiger partial charge is 0.220 e. The van der Waals surface area contributed by atoms with E-state index in [1.54, 1.807) is 19.5 Å². The number of nitrogens with zero attached hydrogens (tertiary/aromatic N) is 1. The monoisotopic (exact) mass is 211 g/mol. The van der Waals surface area contributed by atoms with Gasteiger partial charge in [-0.2, -0.15) is 5.10 Å². The molecule has 0 saturated heterocycles. The Morgan fingerprint density at radius 1 is 1.73 bits per heavy atom. The quantitative estimate of drug-likeness (QED) is 0.690. The van der Waals surface area contributed by atoms with Crippen LogP contribution in [0.25, 0.3) is 0 Å². The molecule has 0 spiro atoms. The third-order valence-electron chi connectivity index (χ3n) is 2.15. The van der Waals surface area contributed by atoms with Crippen molar-refractivity contribution in [3.8, 4) is 0 Å². The highest BCUT2D eigenvalue weighted by atomic mass is 16.5. The molecule has 0 fully saturated rings. The zero-order chi connectivity index (χ0) is 11.1. The van der Waals surface area contributed by atoms with Crippen molar-refractivity contribution < 1.29 is 9.53 Å². The normalized spacial score (nSPS) is 12.4. The summed E-state index contributed by atoms with van der Waals surface area (Å²) in [6.07, 6.45) is 4.73. The Bertz CT molecular complexity index is 285. The Morgan fingerprint density at radius 3 is 3.13 bits per heavy atom. The van der Waals surface area contributed by atoms with Gasteiger partial charge in [0.2, 0.25) is 5.91 Å². The summed E-state index contributed by atoms with van der Waals surface area (Å²) in [6.45, 7) is 2.55. The number of carbonyl (C=O) groups is 1. The second kappa shape index (κ2) is 6.19. The molecular weight excluding hydrogens is 194 g/mol. The molecule has 5 nitrogen and oxygen atoms in total. The van der Waals surface area contributed by atoms with Crippen LogP contribution in [0.15, 0.2) is 12.4 Å². The Labute approximate surface area is 89.2 Å². The second-order valence-electron chi connectivity index (χ2n) is 3.42. The van der Waals surface area contributed by atoms with Crippen molar-refractivity contribution >= 4 is 5.91 Å². The maximum absolute atomic E-state index is 11.4. The summed E-state index contributed by atoms with van der Waals surface area (Å²) in [7, 11) is 1.63. The van der Waals surface area contributed by atoms with Crippen LogP contribution >= 0.6 is 0 Å². The van der Waals surface area contributed by atoms with Crippen LogP contribution < -0.4 is 5.32 Å². The van der Waals surface area contributed by atoms with Crippen LogP contribution in [0.5, 0.6) is 0 Å². The first kappa shape index (κ1) is 11.7. The van der Waals surface area contributed by atoms with Gasteiger partial charge >= 0.3 is 0 Å². The maximum atomic E-state index is 11.4. The Kier molecular flexibility index (Phi) is 4.83. The fourth-order valence-electron chi connectivity index (χ4n) is 1.27. The highest BCUT2D eigenvalue weighted by Crippen LogP contribution is 2.09. The summed E-state index contributed by atoms with van der Waals surface area (Å²) in [6, 6.07) is -0.00112. The van der Waals surface area contributed by atoms with E-state index in [0.29, 0.717) is 13.0 Å². The molecule has 0 radical (unpaired) electrons. The molecule has 1 rings (SSSR count). The van der Waals surface area contributed by atoms with Gasteiger partial charge in [0.1, 0.15) is 0 Å². The Hall–Kier alpha value is -1.36. The van der Waals surface area contributed by atoms with E-state index in [4.69, 9.17) is 4.74 Å². The van der Waals surface area contributed by atoms with Gasteiger partial charge in [0, 0.05) is 31.9 Å². The van der Waals surface area contributed by atoms with Gasteiger partial charge in [-0.25, -0.2) is 0 Å².